The van der Waals surface area contributed by atoms with E-state index in [2.05, 4.69) is 5.32 Å². The monoisotopic (exact) mass is 284 g/mol. The number of nitro benzene ring substituents is 1. The molecular weight excluding hydrogens is 268 g/mol. The van der Waals surface area contributed by atoms with Gasteiger partial charge in [0.05, 0.1) is 22.7 Å². The number of hydrogen-bond donors (Lipinski definition) is 1. The normalized spacial score (nSPS) is 23.3. The van der Waals surface area contributed by atoms with Crippen LogP contribution in [0.15, 0.2) is 18.2 Å². The van der Waals surface area contributed by atoms with Gasteiger partial charge in [-0.3, -0.25) is 10.1 Å². The summed E-state index contributed by atoms with van der Waals surface area (Å²) in [6, 6.07) is 4.54. The Bertz CT molecular complexity index is 473. The zero-order valence-electron chi connectivity index (χ0n) is 10.8. The molecule has 0 radical (unpaired) electrons. The first kappa shape index (κ1) is 14.2. The summed E-state index contributed by atoms with van der Waals surface area (Å²) in [6.45, 7) is 3.99. The molecular formula is C13H17ClN2O3. The van der Waals surface area contributed by atoms with E-state index in [4.69, 9.17) is 16.3 Å². The summed E-state index contributed by atoms with van der Waals surface area (Å²) < 4.78 is 5.88. The third-order valence-corrected chi connectivity index (χ3v) is 3.61. The SMILES string of the molecule is CC1(OCc2cc(Cl)ccc2[N+](=O)[O-])CCCNC1. The van der Waals surface area contributed by atoms with Gasteiger partial charge >= 0.3 is 0 Å². The van der Waals surface area contributed by atoms with Crippen molar-refractivity contribution >= 4 is 17.3 Å². The second-order valence-electron chi connectivity index (χ2n) is 5.05. The standard InChI is InChI=1S/C13H17ClN2O3/c1-13(5-2-6-15-9-13)19-8-10-7-11(14)3-4-12(10)16(17)18/h3-4,7,15H,2,5-6,8-9H2,1H3. The lowest BCUT2D eigenvalue weighted by atomic mass is 9.96. The van der Waals surface area contributed by atoms with E-state index in [1.54, 1.807) is 6.07 Å². The van der Waals surface area contributed by atoms with Crippen molar-refractivity contribution in [1.82, 2.24) is 5.32 Å². The van der Waals surface area contributed by atoms with Crippen LogP contribution in [-0.4, -0.2) is 23.6 Å². The van der Waals surface area contributed by atoms with Gasteiger partial charge in [0.2, 0.25) is 0 Å². The van der Waals surface area contributed by atoms with Crippen LogP contribution in [-0.2, 0) is 11.3 Å². The molecule has 1 aliphatic rings. The second-order valence-corrected chi connectivity index (χ2v) is 5.49. The first-order valence-corrected chi connectivity index (χ1v) is 6.65. The summed E-state index contributed by atoms with van der Waals surface area (Å²) in [7, 11) is 0. The van der Waals surface area contributed by atoms with Gasteiger partial charge in [0.25, 0.3) is 5.69 Å². The van der Waals surface area contributed by atoms with Gasteiger partial charge in [0, 0.05) is 17.6 Å². The zero-order chi connectivity index (χ0) is 13.9. The number of rotatable bonds is 4. The predicted molar refractivity (Wildman–Crippen MR) is 73.4 cm³/mol. The molecule has 1 aromatic rings. The van der Waals surface area contributed by atoms with Crippen LogP contribution in [0.4, 0.5) is 5.69 Å². The molecule has 104 valence electrons. The fourth-order valence-electron chi connectivity index (χ4n) is 2.25. The Morgan fingerprint density at radius 3 is 3.00 bits per heavy atom. The molecule has 0 aromatic heterocycles. The molecule has 1 aliphatic heterocycles. The largest absolute Gasteiger partial charge is 0.369 e. The van der Waals surface area contributed by atoms with E-state index in [1.807, 2.05) is 6.92 Å². The highest BCUT2D eigenvalue weighted by Gasteiger charge is 2.28. The lowest BCUT2D eigenvalue weighted by molar-refractivity contribution is -0.386. The van der Waals surface area contributed by atoms with Crippen LogP contribution in [0.5, 0.6) is 0 Å². The van der Waals surface area contributed by atoms with E-state index in [0.29, 0.717) is 10.6 Å². The molecule has 0 saturated carbocycles. The van der Waals surface area contributed by atoms with Crippen LogP contribution in [0, 0.1) is 10.1 Å². The highest BCUT2D eigenvalue weighted by atomic mass is 35.5. The van der Waals surface area contributed by atoms with Gasteiger partial charge in [-0.15, -0.1) is 0 Å². The van der Waals surface area contributed by atoms with Gasteiger partial charge in [0.1, 0.15) is 0 Å². The Balaban J connectivity index is 2.10. The van der Waals surface area contributed by atoms with Crippen molar-refractivity contribution in [3.63, 3.8) is 0 Å². The third-order valence-electron chi connectivity index (χ3n) is 3.37. The van der Waals surface area contributed by atoms with Crippen molar-refractivity contribution in [3.05, 3.63) is 38.9 Å². The Hall–Kier alpha value is -1.17. The average molecular weight is 285 g/mol. The zero-order valence-corrected chi connectivity index (χ0v) is 11.6. The molecule has 1 saturated heterocycles. The Labute approximate surface area is 117 Å². The van der Waals surface area contributed by atoms with E-state index in [1.165, 1.54) is 12.1 Å². The quantitative estimate of drug-likeness (QED) is 0.682. The van der Waals surface area contributed by atoms with Gasteiger partial charge < -0.3 is 10.1 Å². The number of nitro groups is 1. The van der Waals surface area contributed by atoms with Crippen LogP contribution in [0.1, 0.15) is 25.3 Å². The van der Waals surface area contributed by atoms with E-state index in [0.717, 1.165) is 25.9 Å². The van der Waals surface area contributed by atoms with Gasteiger partial charge in [-0.1, -0.05) is 11.6 Å². The summed E-state index contributed by atoms with van der Waals surface area (Å²) in [6.07, 6.45) is 2.00. The van der Waals surface area contributed by atoms with Gasteiger partial charge in [-0.2, -0.15) is 0 Å². The molecule has 1 N–H and O–H groups in total. The number of nitrogens with one attached hydrogen (secondary N) is 1. The summed E-state index contributed by atoms with van der Waals surface area (Å²) in [5.41, 5.74) is 0.301. The Morgan fingerprint density at radius 1 is 1.58 bits per heavy atom. The van der Waals surface area contributed by atoms with Crippen LogP contribution in [0.3, 0.4) is 0 Å². The minimum atomic E-state index is -0.406. The van der Waals surface area contributed by atoms with E-state index < -0.39 is 4.92 Å². The first-order valence-electron chi connectivity index (χ1n) is 6.28. The summed E-state index contributed by atoms with van der Waals surface area (Å²) >= 11 is 5.89. The number of nitrogens with zero attached hydrogens (tertiary/aromatic N) is 1. The fourth-order valence-corrected chi connectivity index (χ4v) is 2.45. The lowest BCUT2D eigenvalue weighted by Gasteiger charge is -2.34. The number of piperidine rings is 1. The molecule has 1 heterocycles. The molecule has 0 bridgehead atoms. The van der Waals surface area contributed by atoms with Crippen LogP contribution < -0.4 is 5.32 Å². The Morgan fingerprint density at radius 2 is 2.37 bits per heavy atom. The molecule has 1 aromatic carbocycles. The molecule has 2 rings (SSSR count). The van der Waals surface area contributed by atoms with Crippen molar-refractivity contribution in [2.75, 3.05) is 13.1 Å². The van der Waals surface area contributed by atoms with Crippen molar-refractivity contribution in [2.24, 2.45) is 0 Å². The summed E-state index contributed by atoms with van der Waals surface area (Å²) in [4.78, 5) is 10.6. The van der Waals surface area contributed by atoms with Crippen molar-refractivity contribution in [3.8, 4) is 0 Å². The molecule has 0 spiro atoms. The number of hydrogen-bond acceptors (Lipinski definition) is 4. The van der Waals surface area contributed by atoms with E-state index >= 15 is 0 Å². The van der Waals surface area contributed by atoms with Crippen molar-refractivity contribution < 1.29 is 9.66 Å². The predicted octanol–water partition coefficient (Wildman–Crippen LogP) is 2.91. The maximum atomic E-state index is 11.0. The minimum Gasteiger partial charge on any atom is -0.369 e. The molecule has 6 heteroatoms. The number of halogens is 1. The maximum Gasteiger partial charge on any atom is 0.275 e. The maximum absolute atomic E-state index is 11.0. The van der Waals surface area contributed by atoms with Gasteiger partial charge in [-0.25, -0.2) is 0 Å². The summed E-state index contributed by atoms with van der Waals surface area (Å²) in [5.74, 6) is 0. The summed E-state index contributed by atoms with van der Waals surface area (Å²) in [5, 5.41) is 14.7. The van der Waals surface area contributed by atoms with Crippen LogP contribution in [0.25, 0.3) is 0 Å². The fraction of sp³-hybridized carbons (Fsp3) is 0.538. The molecule has 1 fully saturated rings. The topological polar surface area (TPSA) is 64.4 Å². The average Bonchev–Trinajstić information content (AvgIpc) is 2.37. The number of ether oxygens (including phenoxy) is 1. The van der Waals surface area contributed by atoms with Gasteiger partial charge in [0.15, 0.2) is 0 Å². The van der Waals surface area contributed by atoms with Crippen LogP contribution >= 0.6 is 11.6 Å². The molecule has 1 unspecified atom stereocenters. The smallest absolute Gasteiger partial charge is 0.275 e. The minimum absolute atomic E-state index is 0.0526. The van der Waals surface area contributed by atoms with Gasteiger partial charge in [-0.05, 0) is 38.4 Å². The molecule has 19 heavy (non-hydrogen) atoms. The molecule has 0 amide bonds. The number of benzene rings is 1. The van der Waals surface area contributed by atoms with Crippen molar-refractivity contribution in [2.45, 2.75) is 32.0 Å². The highest BCUT2D eigenvalue weighted by Crippen LogP contribution is 2.27. The Kier molecular flexibility index (Phi) is 4.39. The first-order chi connectivity index (χ1) is 9.00. The molecule has 5 nitrogen and oxygen atoms in total. The molecule has 1 atom stereocenters. The molecule has 0 aliphatic carbocycles. The highest BCUT2D eigenvalue weighted by molar-refractivity contribution is 6.30. The second kappa shape index (κ2) is 5.86. The van der Waals surface area contributed by atoms with Crippen molar-refractivity contribution in [1.29, 1.82) is 0 Å². The lowest BCUT2D eigenvalue weighted by Crippen LogP contribution is -2.45. The third kappa shape index (κ3) is 3.65. The van der Waals surface area contributed by atoms with Crippen LogP contribution in [0.2, 0.25) is 5.02 Å². The van der Waals surface area contributed by atoms with E-state index in [-0.39, 0.29) is 17.9 Å². The van der Waals surface area contributed by atoms with E-state index in [9.17, 15) is 10.1 Å².